The van der Waals surface area contributed by atoms with E-state index in [-0.39, 0.29) is 0 Å². The molecule has 0 aliphatic heterocycles. The standard InChI is InChI=1S/C15H27N3S/c1-7-8-16-10(2)9-11(3)19-15-17-13(5)12(4)14(6)18-15/h10-11,16H,7-9H2,1-6H3. The summed E-state index contributed by atoms with van der Waals surface area (Å²) in [5.74, 6) is 0. The lowest BCUT2D eigenvalue weighted by atomic mass is 10.2. The van der Waals surface area contributed by atoms with Gasteiger partial charge in [-0.3, -0.25) is 0 Å². The van der Waals surface area contributed by atoms with Crippen LogP contribution in [0.4, 0.5) is 0 Å². The highest BCUT2D eigenvalue weighted by Gasteiger charge is 2.12. The van der Waals surface area contributed by atoms with E-state index >= 15 is 0 Å². The third-order valence-corrected chi connectivity index (χ3v) is 4.34. The highest BCUT2D eigenvalue weighted by molar-refractivity contribution is 7.99. The minimum atomic E-state index is 0.529. The van der Waals surface area contributed by atoms with E-state index < -0.39 is 0 Å². The molecule has 3 nitrogen and oxygen atoms in total. The molecular weight excluding hydrogens is 254 g/mol. The van der Waals surface area contributed by atoms with E-state index in [1.807, 2.05) is 0 Å². The summed E-state index contributed by atoms with van der Waals surface area (Å²) >= 11 is 1.78. The van der Waals surface area contributed by atoms with Gasteiger partial charge in [0.15, 0.2) is 5.16 Å². The van der Waals surface area contributed by atoms with Crippen molar-refractivity contribution in [3.05, 3.63) is 17.0 Å². The maximum Gasteiger partial charge on any atom is 0.188 e. The highest BCUT2D eigenvalue weighted by atomic mass is 32.2. The van der Waals surface area contributed by atoms with Crippen molar-refractivity contribution in [3.63, 3.8) is 0 Å². The van der Waals surface area contributed by atoms with E-state index in [0.717, 1.165) is 29.5 Å². The maximum absolute atomic E-state index is 4.57. The summed E-state index contributed by atoms with van der Waals surface area (Å²) in [6.07, 6.45) is 2.32. The molecule has 0 aromatic carbocycles. The number of hydrogen-bond donors (Lipinski definition) is 1. The van der Waals surface area contributed by atoms with Gasteiger partial charge in [0.2, 0.25) is 0 Å². The topological polar surface area (TPSA) is 37.8 Å². The van der Waals surface area contributed by atoms with Gasteiger partial charge >= 0.3 is 0 Å². The number of thioether (sulfide) groups is 1. The minimum Gasteiger partial charge on any atom is -0.314 e. The van der Waals surface area contributed by atoms with Crippen molar-refractivity contribution in [2.45, 2.75) is 70.8 Å². The number of aromatic nitrogens is 2. The largest absolute Gasteiger partial charge is 0.314 e. The van der Waals surface area contributed by atoms with Crippen molar-refractivity contribution < 1.29 is 0 Å². The van der Waals surface area contributed by atoms with Crippen LogP contribution in [0.3, 0.4) is 0 Å². The Labute approximate surface area is 122 Å². The molecule has 0 spiro atoms. The molecule has 1 aromatic heterocycles. The zero-order valence-corrected chi connectivity index (χ0v) is 13.9. The summed E-state index contributed by atoms with van der Waals surface area (Å²) in [5.41, 5.74) is 3.40. The van der Waals surface area contributed by atoms with Crippen LogP contribution in [0, 0.1) is 20.8 Å². The van der Waals surface area contributed by atoms with Crippen LogP contribution in [-0.2, 0) is 0 Å². The average molecular weight is 281 g/mol. The van der Waals surface area contributed by atoms with Crippen LogP contribution in [0.25, 0.3) is 0 Å². The van der Waals surface area contributed by atoms with Gasteiger partial charge in [0.05, 0.1) is 0 Å². The molecule has 0 aliphatic carbocycles. The van der Waals surface area contributed by atoms with Gasteiger partial charge in [-0.1, -0.05) is 25.6 Å². The molecule has 108 valence electrons. The van der Waals surface area contributed by atoms with Gasteiger partial charge in [0.25, 0.3) is 0 Å². The lowest BCUT2D eigenvalue weighted by Crippen LogP contribution is -2.29. The van der Waals surface area contributed by atoms with Crippen LogP contribution >= 0.6 is 11.8 Å². The molecule has 1 N–H and O–H groups in total. The molecule has 2 unspecified atom stereocenters. The summed E-state index contributed by atoms with van der Waals surface area (Å²) < 4.78 is 0. The van der Waals surface area contributed by atoms with Crippen molar-refractivity contribution in [1.29, 1.82) is 0 Å². The molecule has 0 radical (unpaired) electrons. The smallest absolute Gasteiger partial charge is 0.188 e. The summed E-state index contributed by atoms with van der Waals surface area (Å²) in [5, 5.41) is 4.97. The van der Waals surface area contributed by atoms with Gasteiger partial charge in [0.1, 0.15) is 0 Å². The SMILES string of the molecule is CCCNC(C)CC(C)Sc1nc(C)c(C)c(C)n1. The molecular formula is C15H27N3S. The second-order valence-corrected chi connectivity index (χ2v) is 6.73. The summed E-state index contributed by atoms with van der Waals surface area (Å²) in [4.78, 5) is 9.15. The lowest BCUT2D eigenvalue weighted by molar-refractivity contribution is 0.513. The number of rotatable bonds is 7. The van der Waals surface area contributed by atoms with Crippen molar-refractivity contribution in [2.24, 2.45) is 0 Å². The zero-order chi connectivity index (χ0) is 14.4. The second kappa shape index (κ2) is 7.85. The van der Waals surface area contributed by atoms with E-state index in [1.54, 1.807) is 11.8 Å². The zero-order valence-electron chi connectivity index (χ0n) is 13.1. The Morgan fingerprint density at radius 1 is 1.11 bits per heavy atom. The maximum atomic E-state index is 4.57. The molecule has 2 atom stereocenters. The summed E-state index contributed by atoms with van der Waals surface area (Å²) in [6, 6.07) is 0.551. The van der Waals surface area contributed by atoms with Crippen molar-refractivity contribution in [2.75, 3.05) is 6.54 Å². The first-order valence-corrected chi connectivity index (χ1v) is 8.03. The fraction of sp³-hybridized carbons (Fsp3) is 0.733. The van der Waals surface area contributed by atoms with Crippen molar-refractivity contribution in [1.82, 2.24) is 15.3 Å². The van der Waals surface area contributed by atoms with E-state index in [0.29, 0.717) is 11.3 Å². The molecule has 0 saturated heterocycles. The number of nitrogens with zero attached hydrogens (tertiary/aromatic N) is 2. The van der Waals surface area contributed by atoms with Crippen LogP contribution in [-0.4, -0.2) is 27.8 Å². The Balaban J connectivity index is 2.55. The van der Waals surface area contributed by atoms with Crippen LogP contribution < -0.4 is 5.32 Å². The second-order valence-electron chi connectivity index (χ2n) is 5.32. The minimum absolute atomic E-state index is 0.529. The van der Waals surface area contributed by atoms with Crippen LogP contribution in [0.2, 0.25) is 0 Å². The van der Waals surface area contributed by atoms with Crippen LogP contribution in [0.5, 0.6) is 0 Å². The normalized spacial score (nSPS) is 14.4. The van der Waals surface area contributed by atoms with Gasteiger partial charge < -0.3 is 5.32 Å². The molecule has 0 bridgehead atoms. The third-order valence-electron chi connectivity index (χ3n) is 3.35. The first kappa shape index (κ1) is 16.4. The monoisotopic (exact) mass is 281 g/mol. The number of hydrogen-bond acceptors (Lipinski definition) is 4. The molecule has 1 heterocycles. The van der Waals surface area contributed by atoms with Crippen LogP contribution in [0.1, 0.15) is 50.6 Å². The molecule has 19 heavy (non-hydrogen) atoms. The lowest BCUT2D eigenvalue weighted by Gasteiger charge is -2.18. The molecule has 0 aliphatic rings. The Kier molecular flexibility index (Phi) is 6.80. The molecule has 0 saturated carbocycles. The van der Waals surface area contributed by atoms with Crippen molar-refractivity contribution in [3.8, 4) is 0 Å². The molecule has 0 fully saturated rings. The highest BCUT2D eigenvalue weighted by Crippen LogP contribution is 2.24. The predicted molar refractivity (Wildman–Crippen MR) is 83.9 cm³/mol. The fourth-order valence-corrected chi connectivity index (χ4v) is 3.12. The Bertz CT molecular complexity index is 383. The molecule has 4 heteroatoms. The Morgan fingerprint density at radius 2 is 1.68 bits per heavy atom. The first-order valence-electron chi connectivity index (χ1n) is 7.15. The quantitative estimate of drug-likeness (QED) is 0.611. The first-order chi connectivity index (χ1) is 8.93. The predicted octanol–water partition coefficient (Wildman–Crippen LogP) is 3.66. The molecule has 1 rings (SSSR count). The summed E-state index contributed by atoms with van der Waals surface area (Å²) in [6.45, 7) is 14.0. The fourth-order valence-electron chi connectivity index (χ4n) is 1.99. The van der Waals surface area contributed by atoms with Gasteiger partial charge in [-0.25, -0.2) is 9.97 Å². The Morgan fingerprint density at radius 3 is 2.21 bits per heavy atom. The average Bonchev–Trinajstić information content (AvgIpc) is 2.33. The van der Waals surface area contributed by atoms with E-state index in [1.165, 1.54) is 12.0 Å². The van der Waals surface area contributed by atoms with Gasteiger partial charge in [-0.05, 0) is 52.6 Å². The van der Waals surface area contributed by atoms with Gasteiger partial charge in [-0.15, -0.1) is 0 Å². The van der Waals surface area contributed by atoms with E-state index in [9.17, 15) is 0 Å². The van der Waals surface area contributed by atoms with E-state index in [2.05, 4.69) is 56.8 Å². The number of nitrogens with one attached hydrogen (secondary N) is 1. The van der Waals surface area contributed by atoms with E-state index in [4.69, 9.17) is 0 Å². The van der Waals surface area contributed by atoms with Crippen LogP contribution in [0.15, 0.2) is 5.16 Å². The molecule has 1 aromatic rings. The summed E-state index contributed by atoms with van der Waals surface area (Å²) in [7, 11) is 0. The molecule has 0 amide bonds. The third kappa shape index (κ3) is 5.49. The number of aryl methyl sites for hydroxylation is 2. The Hall–Kier alpha value is -0.610. The van der Waals surface area contributed by atoms with Gasteiger partial charge in [-0.2, -0.15) is 0 Å². The van der Waals surface area contributed by atoms with Crippen molar-refractivity contribution >= 4 is 11.8 Å². The van der Waals surface area contributed by atoms with Gasteiger partial charge in [0, 0.05) is 22.7 Å².